The zero-order valence-corrected chi connectivity index (χ0v) is 13.1. The Balaban J connectivity index is 1.78. The smallest absolute Gasteiger partial charge is 0.277 e. The van der Waals surface area contributed by atoms with Crippen LogP contribution in [0.1, 0.15) is 31.0 Å². The molecule has 6 nitrogen and oxygen atoms in total. The van der Waals surface area contributed by atoms with Gasteiger partial charge in [-0.05, 0) is 23.6 Å². The number of pyridine rings is 1. The van der Waals surface area contributed by atoms with E-state index in [2.05, 4.69) is 46.2 Å². The Kier molecular flexibility index (Phi) is 3.97. The first-order valence-corrected chi connectivity index (χ1v) is 7.51. The van der Waals surface area contributed by atoms with E-state index in [-0.39, 0.29) is 11.4 Å². The fourth-order valence-corrected chi connectivity index (χ4v) is 2.35. The number of nitrogens with zero attached hydrogens (tertiary/aromatic N) is 2. The number of rotatable bonds is 4. The van der Waals surface area contributed by atoms with E-state index < -0.39 is 0 Å². The Hall–Kier alpha value is -2.89. The lowest BCUT2D eigenvalue weighted by Crippen LogP contribution is -2.13. The standard InChI is InChI=1S/C17H19N5O/c1-10(2)11-3-5-12(6-4-11)19-8-13-9-20-14-7-15(18)22-17(23)16(14)21-13/h3-7,9-10,19H,8H2,1-2H3,(H3,18,22,23). The molecule has 0 aliphatic rings. The predicted octanol–water partition coefficient (Wildman–Crippen LogP) is 2.64. The van der Waals surface area contributed by atoms with Crippen molar-refractivity contribution < 1.29 is 0 Å². The van der Waals surface area contributed by atoms with E-state index in [4.69, 9.17) is 5.73 Å². The van der Waals surface area contributed by atoms with Crippen LogP contribution in [-0.2, 0) is 6.54 Å². The van der Waals surface area contributed by atoms with Crippen LogP contribution in [0.3, 0.4) is 0 Å². The van der Waals surface area contributed by atoms with Crippen molar-refractivity contribution in [2.24, 2.45) is 0 Å². The van der Waals surface area contributed by atoms with Gasteiger partial charge in [-0.3, -0.25) is 9.78 Å². The van der Waals surface area contributed by atoms with E-state index in [0.29, 0.717) is 29.2 Å². The summed E-state index contributed by atoms with van der Waals surface area (Å²) in [6.45, 7) is 4.82. The number of fused-ring (bicyclic) bond motifs is 1. The quantitative estimate of drug-likeness (QED) is 0.688. The summed E-state index contributed by atoms with van der Waals surface area (Å²) in [5.41, 5.74) is 9.06. The van der Waals surface area contributed by atoms with Crippen LogP contribution in [0, 0.1) is 0 Å². The largest absolute Gasteiger partial charge is 0.385 e. The lowest BCUT2D eigenvalue weighted by Gasteiger charge is -2.09. The van der Waals surface area contributed by atoms with E-state index in [1.807, 2.05) is 12.1 Å². The van der Waals surface area contributed by atoms with E-state index >= 15 is 0 Å². The van der Waals surface area contributed by atoms with Crippen molar-refractivity contribution in [2.75, 3.05) is 11.1 Å². The van der Waals surface area contributed by atoms with Gasteiger partial charge in [0, 0.05) is 11.8 Å². The molecule has 0 radical (unpaired) electrons. The Labute approximate surface area is 133 Å². The van der Waals surface area contributed by atoms with Gasteiger partial charge in [0.25, 0.3) is 5.56 Å². The number of aromatic nitrogens is 3. The normalized spacial score (nSPS) is 11.1. The monoisotopic (exact) mass is 309 g/mol. The van der Waals surface area contributed by atoms with E-state index in [1.165, 1.54) is 5.56 Å². The van der Waals surface area contributed by atoms with Crippen molar-refractivity contribution >= 4 is 22.5 Å². The van der Waals surface area contributed by atoms with Gasteiger partial charge in [-0.2, -0.15) is 0 Å². The highest BCUT2D eigenvalue weighted by Crippen LogP contribution is 2.17. The van der Waals surface area contributed by atoms with Gasteiger partial charge in [0.05, 0.1) is 24.0 Å². The molecule has 0 amide bonds. The lowest BCUT2D eigenvalue weighted by molar-refractivity contribution is 0.866. The first-order valence-electron chi connectivity index (χ1n) is 7.51. The number of nitrogens with one attached hydrogen (secondary N) is 2. The van der Waals surface area contributed by atoms with Gasteiger partial charge in [0.2, 0.25) is 0 Å². The molecule has 2 aromatic heterocycles. The molecule has 2 heterocycles. The highest BCUT2D eigenvalue weighted by Gasteiger charge is 2.05. The Bertz CT molecular complexity index is 884. The molecule has 0 saturated carbocycles. The summed E-state index contributed by atoms with van der Waals surface area (Å²) in [6, 6.07) is 9.89. The highest BCUT2D eigenvalue weighted by atomic mass is 16.1. The average Bonchev–Trinajstić information content (AvgIpc) is 2.53. The summed E-state index contributed by atoms with van der Waals surface area (Å²) in [5, 5.41) is 3.28. The molecular weight excluding hydrogens is 290 g/mol. The maximum absolute atomic E-state index is 11.9. The molecule has 0 fully saturated rings. The van der Waals surface area contributed by atoms with Crippen LogP contribution in [-0.4, -0.2) is 15.0 Å². The second-order valence-electron chi connectivity index (χ2n) is 5.78. The van der Waals surface area contributed by atoms with Crippen molar-refractivity contribution in [3.8, 4) is 0 Å². The van der Waals surface area contributed by atoms with Crippen LogP contribution in [0.5, 0.6) is 0 Å². The number of hydrogen-bond acceptors (Lipinski definition) is 5. The third-order valence-corrected chi connectivity index (χ3v) is 3.67. The summed E-state index contributed by atoms with van der Waals surface area (Å²) in [7, 11) is 0. The van der Waals surface area contributed by atoms with Crippen LogP contribution in [0.15, 0.2) is 41.3 Å². The predicted molar refractivity (Wildman–Crippen MR) is 92.4 cm³/mol. The molecule has 1 aromatic carbocycles. The van der Waals surface area contributed by atoms with Crippen molar-refractivity contribution in [1.82, 2.24) is 15.0 Å². The number of nitrogen functional groups attached to an aromatic ring is 1. The molecule has 0 spiro atoms. The fraction of sp³-hybridized carbons (Fsp3) is 0.235. The summed E-state index contributed by atoms with van der Waals surface area (Å²) in [5.74, 6) is 0.794. The molecule has 118 valence electrons. The van der Waals surface area contributed by atoms with E-state index in [1.54, 1.807) is 12.3 Å². The van der Waals surface area contributed by atoms with Crippen molar-refractivity contribution in [3.63, 3.8) is 0 Å². The topological polar surface area (TPSA) is 96.7 Å². The first-order chi connectivity index (χ1) is 11.0. The summed E-state index contributed by atoms with van der Waals surface area (Å²) in [4.78, 5) is 23.0. The van der Waals surface area contributed by atoms with Crippen molar-refractivity contribution in [2.45, 2.75) is 26.3 Å². The molecule has 3 rings (SSSR count). The summed E-state index contributed by atoms with van der Waals surface area (Å²) < 4.78 is 0. The second-order valence-corrected chi connectivity index (χ2v) is 5.78. The van der Waals surface area contributed by atoms with Gasteiger partial charge in [-0.25, -0.2) is 4.98 Å². The van der Waals surface area contributed by atoms with E-state index in [0.717, 1.165) is 5.69 Å². The minimum absolute atomic E-state index is 0.285. The molecule has 0 atom stereocenters. The zero-order valence-electron chi connectivity index (χ0n) is 13.1. The molecule has 0 bridgehead atoms. The first kappa shape index (κ1) is 15.0. The fourth-order valence-electron chi connectivity index (χ4n) is 2.35. The molecule has 0 saturated heterocycles. The van der Waals surface area contributed by atoms with Gasteiger partial charge in [-0.15, -0.1) is 0 Å². The molecule has 0 aliphatic heterocycles. The van der Waals surface area contributed by atoms with Crippen LogP contribution < -0.4 is 16.6 Å². The molecule has 0 unspecified atom stereocenters. The molecule has 4 N–H and O–H groups in total. The molecule has 23 heavy (non-hydrogen) atoms. The molecule has 0 aliphatic carbocycles. The van der Waals surface area contributed by atoms with Gasteiger partial charge < -0.3 is 16.0 Å². The third kappa shape index (κ3) is 3.31. The third-order valence-electron chi connectivity index (χ3n) is 3.67. The number of nitrogens with two attached hydrogens (primary N) is 1. The second kappa shape index (κ2) is 6.08. The minimum Gasteiger partial charge on any atom is -0.385 e. The number of aromatic amines is 1. The van der Waals surface area contributed by atoms with Crippen molar-refractivity contribution in [3.05, 3.63) is 58.1 Å². The number of H-pyrrole nitrogens is 1. The van der Waals surface area contributed by atoms with Gasteiger partial charge >= 0.3 is 0 Å². The molecule has 3 aromatic rings. The summed E-state index contributed by atoms with van der Waals surface area (Å²) in [6.07, 6.45) is 1.65. The Morgan fingerprint density at radius 2 is 2.00 bits per heavy atom. The summed E-state index contributed by atoms with van der Waals surface area (Å²) >= 11 is 0. The lowest BCUT2D eigenvalue weighted by atomic mass is 10.0. The Morgan fingerprint density at radius 1 is 1.26 bits per heavy atom. The average molecular weight is 309 g/mol. The highest BCUT2D eigenvalue weighted by molar-refractivity contribution is 5.75. The zero-order chi connectivity index (χ0) is 16.4. The van der Waals surface area contributed by atoms with Gasteiger partial charge in [0.1, 0.15) is 5.82 Å². The molecular formula is C17H19N5O. The Morgan fingerprint density at radius 3 is 2.70 bits per heavy atom. The van der Waals surface area contributed by atoms with Crippen LogP contribution in [0.25, 0.3) is 11.0 Å². The maximum atomic E-state index is 11.9. The SMILES string of the molecule is CC(C)c1ccc(NCc2cnc3cc(N)[nH]c(=O)c3n2)cc1. The number of hydrogen-bond donors (Lipinski definition) is 3. The number of anilines is 2. The minimum atomic E-state index is -0.323. The van der Waals surface area contributed by atoms with Gasteiger partial charge in [0.15, 0.2) is 5.52 Å². The van der Waals surface area contributed by atoms with Crippen LogP contribution >= 0.6 is 0 Å². The van der Waals surface area contributed by atoms with Gasteiger partial charge in [-0.1, -0.05) is 26.0 Å². The van der Waals surface area contributed by atoms with Crippen LogP contribution in [0.4, 0.5) is 11.5 Å². The van der Waals surface area contributed by atoms with Crippen LogP contribution in [0.2, 0.25) is 0 Å². The van der Waals surface area contributed by atoms with E-state index in [9.17, 15) is 4.79 Å². The maximum Gasteiger partial charge on any atom is 0.277 e. The molecule has 6 heteroatoms. The number of benzene rings is 1. The van der Waals surface area contributed by atoms with Crippen molar-refractivity contribution in [1.29, 1.82) is 0 Å².